The van der Waals surface area contributed by atoms with Gasteiger partial charge in [0.05, 0.1) is 5.69 Å². The van der Waals surface area contributed by atoms with Gasteiger partial charge in [0.25, 0.3) is 9.05 Å². The van der Waals surface area contributed by atoms with Gasteiger partial charge in [-0.2, -0.15) is 0 Å². The molecule has 0 saturated carbocycles. The molecule has 0 N–H and O–H groups in total. The molecule has 1 aromatic carbocycles. The van der Waals surface area contributed by atoms with Crippen molar-refractivity contribution in [2.24, 2.45) is 0 Å². The van der Waals surface area contributed by atoms with Crippen molar-refractivity contribution in [2.45, 2.75) is 24.2 Å². The van der Waals surface area contributed by atoms with Crippen molar-refractivity contribution in [3.05, 3.63) is 23.8 Å². The third-order valence-corrected chi connectivity index (χ3v) is 4.27. The van der Waals surface area contributed by atoms with Crippen LogP contribution in [-0.2, 0) is 15.5 Å². The largest absolute Gasteiger partial charge is 0.373 e. The maximum Gasteiger partial charge on any atom is 0.263 e. The van der Waals surface area contributed by atoms with Gasteiger partial charge < -0.3 is 4.90 Å². The van der Waals surface area contributed by atoms with Gasteiger partial charge in [0, 0.05) is 24.3 Å². The van der Waals surface area contributed by atoms with E-state index in [1.165, 1.54) is 0 Å². The smallest absolute Gasteiger partial charge is 0.263 e. The molecule has 0 aromatic heterocycles. The third kappa shape index (κ3) is 2.18. The van der Waals surface area contributed by atoms with Gasteiger partial charge in [0.1, 0.15) is 4.90 Å². The molecule has 0 aliphatic carbocycles. The van der Waals surface area contributed by atoms with Crippen LogP contribution in [0.15, 0.2) is 23.1 Å². The van der Waals surface area contributed by atoms with E-state index in [1.807, 2.05) is 18.0 Å². The van der Waals surface area contributed by atoms with Gasteiger partial charge in [-0.25, -0.2) is 8.42 Å². The molecular weight excluding hydrogens is 246 g/mol. The van der Waals surface area contributed by atoms with E-state index in [1.54, 1.807) is 12.1 Å². The van der Waals surface area contributed by atoms with Crippen LogP contribution in [0.4, 0.5) is 5.69 Å². The van der Waals surface area contributed by atoms with Crippen LogP contribution in [0.2, 0.25) is 0 Å². The summed E-state index contributed by atoms with van der Waals surface area (Å²) in [5, 5.41) is 0. The quantitative estimate of drug-likeness (QED) is 0.727. The first-order chi connectivity index (χ1) is 7.50. The van der Waals surface area contributed by atoms with Crippen molar-refractivity contribution in [3.8, 4) is 0 Å². The average Bonchev–Trinajstić information content (AvgIpc) is 2.39. The van der Waals surface area contributed by atoms with E-state index in [4.69, 9.17) is 10.7 Å². The maximum absolute atomic E-state index is 11.5. The van der Waals surface area contributed by atoms with Crippen LogP contribution in [0.5, 0.6) is 0 Å². The predicted molar refractivity (Wildman–Crippen MR) is 65.7 cm³/mol. The molecule has 1 aliphatic heterocycles. The molecular formula is C11H14ClNO2S. The summed E-state index contributed by atoms with van der Waals surface area (Å²) in [5.74, 6) is 0. The molecule has 0 bridgehead atoms. The fourth-order valence-electron chi connectivity index (χ4n) is 2.18. The third-order valence-electron chi connectivity index (χ3n) is 2.92. The number of hydrogen-bond donors (Lipinski definition) is 0. The van der Waals surface area contributed by atoms with Crippen molar-refractivity contribution in [1.29, 1.82) is 0 Å². The minimum atomic E-state index is -3.66. The lowest BCUT2D eigenvalue weighted by Gasteiger charge is -2.21. The Hall–Kier alpha value is -0.740. The number of nitrogens with zero attached hydrogens (tertiary/aromatic N) is 1. The first-order valence-electron chi connectivity index (χ1n) is 5.28. The summed E-state index contributed by atoms with van der Waals surface area (Å²) in [4.78, 5) is 2.22. The van der Waals surface area contributed by atoms with E-state index in [0.717, 1.165) is 37.1 Å². The highest BCUT2D eigenvalue weighted by molar-refractivity contribution is 8.13. The second-order valence-corrected chi connectivity index (χ2v) is 6.61. The van der Waals surface area contributed by atoms with Crippen molar-refractivity contribution >= 4 is 25.4 Å². The van der Waals surface area contributed by atoms with Crippen LogP contribution in [0, 0.1) is 0 Å². The van der Waals surface area contributed by atoms with E-state index in [9.17, 15) is 8.42 Å². The van der Waals surface area contributed by atoms with Crippen LogP contribution >= 0.6 is 10.7 Å². The summed E-state index contributed by atoms with van der Waals surface area (Å²) in [5.41, 5.74) is 1.84. The van der Waals surface area contributed by atoms with Gasteiger partial charge in [-0.05, 0) is 30.9 Å². The van der Waals surface area contributed by atoms with Gasteiger partial charge in [-0.15, -0.1) is 0 Å². The number of para-hydroxylation sites is 1. The SMILES string of the molecule is CN1CCCCc2cccc(S(=O)(=O)Cl)c21. The maximum atomic E-state index is 11.5. The monoisotopic (exact) mass is 259 g/mol. The van der Waals surface area contributed by atoms with Gasteiger partial charge in [0.15, 0.2) is 0 Å². The number of rotatable bonds is 1. The Morgan fingerprint density at radius 2 is 2.06 bits per heavy atom. The summed E-state index contributed by atoms with van der Waals surface area (Å²) in [7, 11) is 3.71. The summed E-state index contributed by atoms with van der Waals surface area (Å²) in [6.07, 6.45) is 3.08. The average molecular weight is 260 g/mol. The van der Waals surface area contributed by atoms with E-state index in [0.29, 0.717) is 0 Å². The molecule has 2 rings (SSSR count). The molecule has 0 spiro atoms. The van der Waals surface area contributed by atoms with Crippen LogP contribution < -0.4 is 4.90 Å². The summed E-state index contributed by atoms with van der Waals surface area (Å²) < 4.78 is 23.0. The van der Waals surface area contributed by atoms with E-state index >= 15 is 0 Å². The molecule has 0 saturated heterocycles. The molecule has 1 aromatic rings. The highest BCUT2D eigenvalue weighted by atomic mass is 35.7. The second-order valence-electron chi connectivity index (χ2n) is 4.08. The van der Waals surface area contributed by atoms with Crippen LogP contribution in [0.25, 0.3) is 0 Å². The molecule has 0 fully saturated rings. The van der Waals surface area contributed by atoms with Gasteiger partial charge >= 0.3 is 0 Å². The van der Waals surface area contributed by atoms with Gasteiger partial charge in [-0.3, -0.25) is 0 Å². The molecule has 5 heteroatoms. The first kappa shape index (κ1) is 11.7. The van der Waals surface area contributed by atoms with E-state index in [-0.39, 0.29) is 4.90 Å². The molecule has 0 amide bonds. The number of aryl methyl sites for hydroxylation is 1. The van der Waals surface area contributed by atoms with Gasteiger partial charge in [-0.1, -0.05) is 12.1 Å². The summed E-state index contributed by atoms with van der Waals surface area (Å²) in [6, 6.07) is 5.30. The molecule has 1 aliphatic rings. The van der Waals surface area contributed by atoms with Crippen LogP contribution in [0.1, 0.15) is 18.4 Å². The summed E-state index contributed by atoms with van der Waals surface area (Å²) >= 11 is 0. The zero-order valence-electron chi connectivity index (χ0n) is 9.11. The summed E-state index contributed by atoms with van der Waals surface area (Å²) in [6.45, 7) is 0.871. The second kappa shape index (κ2) is 4.26. The lowest BCUT2D eigenvalue weighted by Crippen LogP contribution is -2.19. The lowest BCUT2D eigenvalue weighted by molar-refractivity contribution is 0.609. The number of hydrogen-bond acceptors (Lipinski definition) is 3. The highest BCUT2D eigenvalue weighted by Gasteiger charge is 2.22. The van der Waals surface area contributed by atoms with Crippen molar-refractivity contribution in [1.82, 2.24) is 0 Å². The molecule has 0 atom stereocenters. The zero-order chi connectivity index (χ0) is 11.8. The Bertz CT molecular complexity index is 499. The Morgan fingerprint density at radius 1 is 1.31 bits per heavy atom. The zero-order valence-corrected chi connectivity index (χ0v) is 10.7. The van der Waals surface area contributed by atoms with Crippen molar-refractivity contribution < 1.29 is 8.42 Å². The fraction of sp³-hybridized carbons (Fsp3) is 0.455. The molecule has 16 heavy (non-hydrogen) atoms. The Kier molecular flexibility index (Phi) is 3.13. The van der Waals surface area contributed by atoms with Gasteiger partial charge in [0.2, 0.25) is 0 Å². The van der Waals surface area contributed by atoms with Crippen molar-refractivity contribution in [2.75, 3.05) is 18.5 Å². The number of anilines is 1. The fourth-order valence-corrected chi connectivity index (χ4v) is 3.31. The predicted octanol–water partition coefficient (Wildman–Crippen LogP) is 2.39. The van der Waals surface area contributed by atoms with E-state index < -0.39 is 9.05 Å². The molecule has 1 heterocycles. The number of halogens is 1. The van der Waals surface area contributed by atoms with Crippen LogP contribution in [0.3, 0.4) is 0 Å². The Balaban J connectivity index is 2.65. The minimum Gasteiger partial charge on any atom is -0.373 e. The molecule has 0 unspecified atom stereocenters. The number of benzene rings is 1. The molecule has 3 nitrogen and oxygen atoms in total. The normalized spacial score (nSPS) is 16.8. The molecule has 88 valence electrons. The lowest BCUT2D eigenvalue weighted by atomic mass is 10.1. The molecule has 0 radical (unpaired) electrons. The van der Waals surface area contributed by atoms with E-state index in [2.05, 4.69) is 0 Å². The topological polar surface area (TPSA) is 37.4 Å². The first-order valence-corrected chi connectivity index (χ1v) is 7.59. The standard InChI is InChI=1S/C11H14ClNO2S/c1-13-8-3-2-5-9-6-4-7-10(11(9)13)16(12,14)15/h4,6-7H,2-3,5,8H2,1H3. The van der Waals surface area contributed by atoms with Crippen LogP contribution in [-0.4, -0.2) is 22.0 Å². The Labute approximate surface area is 100 Å². The number of fused-ring (bicyclic) bond motifs is 1. The highest BCUT2D eigenvalue weighted by Crippen LogP contribution is 2.33. The van der Waals surface area contributed by atoms with Crippen molar-refractivity contribution in [3.63, 3.8) is 0 Å². The minimum absolute atomic E-state index is 0.232. The Morgan fingerprint density at radius 3 is 2.75 bits per heavy atom.